The van der Waals surface area contributed by atoms with Crippen LogP contribution in [0.1, 0.15) is 32.6 Å². The Morgan fingerprint density at radius 1 is 1.15 bits per heavy atom. The average Bonchev–Trinajstić information content (AvgIpc) is 3.46. The Morgan fingerprint density at radius 2 is 2.00 bits per heavy atom. The lowest BCUT2D eigenvalue weighted by molar-refractivity contribution is -0.127. The number of anilines is 1. The summed E-state index contributed by atoms with van der Waals surface area (Å²) in [6, 6.07) is 3.70. The van der Waals surface area contributed by atoms with Gasteiger partial charge in [-0.25, -0.2) is 14.8 Å². The van der Waals surface area contributed by atoms with Gasteiger partial charge in [-0.2, -0.15) is 0 Å². The van der Waals surface area contributed by atoms with Gasteiger partial charge < -0.3 is 19.9 Å². The molecule has 1 aliphatic heterocycles. The van der Waals surface area contributed by atoms with Crippen molar-refractivity contribution >= 4 is 22.9 Å². The Hall–Kier alpha value is -3.47. The average molecular weight is 470 g/mol. The normalized spacial score (nSPS) is 13.8. The topological polar surface area (TPSA) is 127 Å². The van der Waals surface area contributed by atoms with Gasteiger partial charge in [0, 0.05) is 51.5 Å². The maximum absolute atomic E-state index is 12.9. The number of hydrogen-bond donors (Lipinski definition) is 2. The predicted octanol–water partition coefficient (Wildman–Crippen LogP) is 1.43. The molecular formula is C23H31N7O4. The number of ether oxygens (including phenoxy) is 1. The van der Waals surface area contributed by atoms with E-state index in [0.29, 0.717) is 56.1 Å². The molecule has 1 saturated heterocycles. The number of pyridine rings is 1. The van der Waals surface area contributed by atoms with Gasteiger partial charge >= 0.3 is 5.69 Å². The van der Waals surface area contributed by atoms with Crippen LogP contribution in [0.2, 0.25) is 0 Å². The Labute approximate surface area is 196 Å². The minimum absolute atomic E-state index is 0.238. The van der Waals surface area contributed by atoms with Gasteiger partial charge in [-0.05, 0) is 31.4 Å². The van der Waals surface area contributed by atoms with E-state index in [1.165, 1.54) is 9.13 Å². The van der Waals surface area contributed by atoms with Crippen molar-refractivity contribution in [1.82, 2.24) is 29.0 Å². The molecule has 0 atom stereocenters. The fraction of sp³-hybridized carbons (Fsp3) is 0.522. The summed E-state index contributed by atoms with van der Waals surface area (Å²) in [6.45, 7) is 5.20. The number of H-pyrrole nitrogens is 1. The molecule has 1 aliphatic rings. The van der Waals surface area contributed by atoms with Crippen LogP contribution in [0.3, 0.4) is 0 Å². The SMILES string of the molecule is CCCn1c(=O)c2[nH]c(-c3ccc(NCCCN4CCCC4=O)nc3)nc2n(CCOC)c1=O. The first kappa shape index (κ1) is 23.7. The molecule has 0 aromatic carbocycles. The highest BCUT2D eigenvalue weighted by molar-refractivity contribution is 5.78. The third kappa shape index (κ3) is 4.89. The molecule has 4 heterocycles. The first-order chi connectivity index (χ1) is 16.5. The lowest BCUT2D eigenvalue weighted by Gasteiger charge is -2.15. The fourth-order valence-corrected chi connectivity index (χ4v) is 4.17. The minimum atomic E-state index is -0.386. The molecule has 0 radical (unpaired) electrons. The Morgan fingerprint density at radius 3 is 2.68 bits per heavy atom. The molecule has 1 amide bonds. The van der Waals surface area contributed by atoms with Gasteiger partial charge in [0.15, 0.2) is 5.65 Å². The van der Waals surface area contributed by atoms with E-state index in [9.17, 15) is 14.4 Å². The largest absolute Gasteiger partial charge is 0.383 e. The number of methoxy groups -OCH3 is 1. The van der Waals surface area contributed by atoms with Gasteiger partial charge in [0.05, 0.1) is 13.2 Å². The number of nitrogens with zero attached hydrogens (tertiary/aromatic N) is 5. The number of hydrogen-bond acceptors (Lipinski definition) is 7. The van der Waals surface area contributed by atoms with E-state index < -0.39 is 0 Å². The van der Waals surface area contributed by atoms with Crippen molar-refractivity contribution in [2.24, 2.45) is 0 Å². The highest BCUT2D eigenvalue weighted by Crippen LogP contribution is 2.19. The first-order valence-corrected chi connectivity index (χ1v) is 11.7. The van der Waals surface area contributed by atoms with Gasteiger partial charge in [-0.15, -0.1) is 0 Å². The molecule has 1 fully saturated rings. The highest BCUT2D eigenvalue weighted by Gasteiger charge is 2.19. The lowest BCUT2D eigenvalue weighted by Crippen LogP contribution is -2.40. The summed E-state index contributed by atoms with van der Waals surface area (Å²) in [6.07, 6.45) is 4.80. The van der Waals surface area contributed by atoms with Gasteiger partial charge in [-0.1, -0.05) is 6.92 Å². The molecule has 2 N–H and O–H groups in total. The second-order valence-corrected chi connectivity index (χ2v) is 8.36. The molecule has 0 saturated carbocycles. The van der Waals surface area contributed by atoms with E-state index in [-0.39, 0.29) is 22.7 Å². The van der Waals surface area contributed by atoms with Crippen LogP contribution in [0.15, 0.2) is 27.9 Å². The predicted molar refractivity (Wildman–Crippen MR) is 129 cm³/mol. The van der Waals surface area contributed by atoms with Crippen LogP contribution in [0.25, 0.3) is 22.6 Å². The minimum Gasteiger partial charge on any atom is -0.383 e. The van der Waals surface area contributed by atoms with Crippen LogP contribution < -0.4 is 16.6 Å². The number of imidazole rings is 1. The smallest absolute Gasteiger partial charge is 0.332 e. The number of aromatic nitrogens is 5. The van der Waals surface area contributed by atoms with E-state index in [0.717, 1.165) is 31.7 Å². The van der Waals surface area contributed by atoms with Crippen molar-refractivity contribution in [3.8, 4) is 11.4 Å². The number of carbonyl (C=O) groups excluding carboxylic acids is 1. The zero-order valence-electron chi connectivity index (χ0n) is 19.7. The van der Waals surface area contributed by atoms with E-state index in [1.54, 1.807) is 13.3 Å². The summed E-state index contributed by atoms with van der Waals surface area (Å²) >= 11 is 0. The molecule has 0 bridgehead atoms. The van der Waals surface area contributed by atoms with E-state index in [1.807, 2.05) is 24.0 Å². The molecule has 4 rings (SSSR count). The van der Waals surface area contributed by atoms with E-state index >= 15 is 0 Å². The molecule has 34 heavy (non-hydrogen) atoms. The van der Waals surface area contributed by atoms with Gasteiger partial charge in [0.2, 0.25) is 5.91 Å². The number of aromatic amines is 1. The molecule has 0 spiro atoms. The maximum Gasteiger partial charge on any atom is 0.332 e. The third-order valence-corrected chi connectivity index (χ3v) is 5.95. The van der Waals surface area contributed by atoms with Crippen LogP contribution in [0.5, 0.6) is 0 Å². The maximum atomic E-state index is 12.9. The molecule has 11 nitrogen and oxygen atoms in total. The third-order valence-electron chi connectivity index (χ3n) is 5.95. The first-order valence-electron chi connectivity index (χ1n) is 11.7. The summed E-state index contributed by atoms with van der Waals surface area (Å²) in [7, 11) is 1.56. The quantitative estimate of drug-likeness (QED) is 0.407. The second kappa shape index (κ2) is 10.6. The van der Waals surface area contributed by atoms with Crippen LogP contribution >= 0.6 is 0 Å². The Balaban J connectivity index is 1.51. The van der Waals surface area contributed by atoms with Crippen molar-refractivity contribution in [2.45, 2.75) is 45.7 Å². The van der Waals surface area contributed by atoms with Gasteiger partial charge in [0.1, 0.15) is 17.2 Å². The van der Waals surface area contributed by atoms with Crippen molar-refractivity contribution in [1.29, 1.82) is 0 Å². The lowest BCUT2D eigenvalue weighted by atomic mass is 10.2. The summed E-state index contributed by atoms with van der Waals surface area (Å²) in [5.41, 5.74) is 0.544. The van der Waals surface area contributed by atoms with Crippen molar-refractivity contribution < 1.29 is 9.53 Å². The fourth-order valence-electron chi connectivity index (χ4n) is 4.17. The molecule has 3 aromatic rings. The zero-order valence-corrected chi connectivity index (χ0v) is 19.7. The van der Waals surface area contributed by atoms with Crippen LogP contribution in [-0.4, -0.2) is 68.2 Å². The molecule has 0 aliphatic carbocycles. The number of rotatable bonds is 11. The Kier molecular flexibility index (Phi) is 7.41. The summed E-state index contributed by atoms with van der Waals surface area (Å²) in [4.78, 5) is 51.5. The zero-order chi connectivity index (χ0) is 24.1. The van der Waals surface area contributed by atoms with Crippen molar-refractivity contribution in [3.05, 3.63) is 39.2 Å². The summed E-state index contributed by atoms with van der Waals surface area (Å²) in [5, 5.41) is 3.27. The number of carbonyl (C=O) groups is 1. The van der Waals surface area contributed by atoms with Crippen LogP contribution in [0, 0.1) is 0 Å². The summed E-state index contributed by atoms with van der Waals surface area (Å²) < 4.78 is 7.85. The molecule has 182 valence electrons. The molecule has 3 aromatic heterocycles. The van der Waals surface area contributed by atoms with E-state index in [2.05, 4.69) is 20.3 Å². The molecular weight excluding hydrogens is 438 g/mol. The van der Waals surface area contributed by atoms with Crippen LogP contribution in [-0.2, 0) is 22.6 Å². The van der Waals surface area contributed by atoms with Gasteiger partial charge in [0.25, 0.3) is 5.56 Å². The van der Waals surface area contributed by atoms with E-state index in [4.69, 9.17) is 4.74 Å². The number of likely N-dealkylation sites (tertiary alicyclic amines) is 1. The second-order valence-electron chi connectivity index (χ2n) is 8.36. The number of nitrogens with one attached hydrogen (secondary N) is 2. The van der Waals surface area contributed by atoms with Crippen molar-refractivity contribution in [2.75, 3.05) is 38.7 Å². The molecule has 0 unspecified atom stereocenters. The highest BCUT2D eigenvalue weighted by atomic mass is 16.5. The van der Waals surface area contributed by atoms with Gasteiger partial charge in [-0.3, -0.25) is 18.7 Å². The molecule has 11 heteroatoms. The Bertz CT molecular complexity index is 1260. The summed E-state index contributed by atoms with van der Waals surface area (Å²) in [5.74, 6) is 1.43. The standard InChI is InChI=1S/C23H31N7O4/c1-3-10-30-22(32)19-21(29(23(30)33)13-14-34-2)27-20(26-19)16-7-8-17(25-15-16)24-9-5-12-28-11-4-6-18(28)31/h7-8,15H,3-6,9-14H2,1-2H3,(H,24,25)(H,26,27). The number of amides is 1. The number of fused-ring (bicyclic) bond motifs is 1. The van der Waals surface area contributed by atoms with Crippen LogP contribution in [0.4, 0.5) is 5.82 Å². The van der Waals surface area contributed by atoms with Crippen molar-refractivity contribution in [3.63, 3.8) is 0 Å². The monoisotopic (exact) mass is 469 g/mol.